The monoisotopic (exact) mass is 272 g/mol. The third kappa shape index (κ3) is 3.37. The van der Waals surface area contributed by atoms with Crippen LogP contribution in [0, 0.1) is 21.4 Å². The van der Waals surface area contributed by atoms with Crippen LogP contribution in [0.5, 0.6) is 0 Å². The van der Waals surface area contributed by atoms with Gasteiger partial charge in [-0.05, 0) is 30.3 Å². The van der Waals surface area contributed by atoms with Gasteiger partial charge in [0, 0.05) is 6.07 Å². The minimum Gasteiger partial charge on any atom is -0.278 e. The molecule has 0 aliphatic carbocycles. The van der Waals surface area contributed by atoms with Crippen molar-refractivity contribution in [2.24, 2.45) is 5.10 Å². The molecule has 19 heavy (non-hydrogen) atoms. The molecular weight excluding hydrogens is 264 g/mol. The molecule has 1 heterocycles. The fourth-order valence-electron chi connectivity index (χ4n) is 1.30. The van der Waals surface area contributed by atoms with E-state index in [0.29, 0.717) is 10.4 Å². The summed E-state index contributed by atoms with van der Waals surface area (Å²) >= 11 is 1.05. The third-order valence-electron chi connectivity index (χ3n) is 2.19. The van der Waals surface area contributed by atoms with Crippen molar-refractivity contribution in [3.05, 3.63) is 57.0 Å². The van der Waals surface area contributed by atoms with E-state index in [4.69, 9.17) is 5.26 Å². The quantitative estimate of drug-likeness (QED) is 0.526. The maximum atomic E-state index is 10.5. The summed E-state index contributed by atoms with van der Waals surface area (Å²) in [6, 6.07) is 11.9. The van der Waals surface area contributed by atoms with Crippen LogP contribution in [-0.4, -0.2) is 11.1 Å². The number of nitro groups is 1. The largest absolute Gasteiger partial charge is 0.324 e. The van der Waals surface area contributed by atoms with Crippen molar-refractivity contribution in [1.82, 2.24) is 0 Å². The number of rotatable bonds is 4. The molecule has 0 bridgehead atoms. The van der Waals surface area contributed by atoms with Gasteiger partial charge in [-0.2, -0.15) is 10.4 Å². The molecule has 0 atom stereocenters. The molecule has 7 heteroatoms. The van der Waals surface area contributed by atoms with E-state index in [0.717, 1.165) is 17.0 Å². The highest BCUT2D eigenvalue weighted by atomic mass is 32.1. The number of thiophene rings is 1. The molecule has 0 aliphatic rings. The van der Waals surface area contributed by atoms with Crippen LogP contribution >= 0.6 is 11.3 Å². The Labute approximate surface area is 112 Å². The normalized spacial score (nSPS) is 10.3. The number of anilines is 1. The van der Waals surface area contributed by atoms with Crippen LogP contribution in [0.25, 0.3) is 0 Å². The van der Waals surface area contributed by atoms with Gasteiger partial charge in [0.1, 0.15) is 0 Å². The number of hydrogen-bond donors (Lipinski definition) is 1. The van der Waals surface area contributed by atoms with Crippen molar-refractivity contribution in [2.45, 2.75) is 0 Å². The minimum absolute atomic E-state index is 0.0832. The van der Waals surface area contributed by atoms with Gasteiger partial charge in [0.2, 0.25) is 0 Å². The van der Waals surface area contributed by atoms with Crippen LogP contribution in [0.4, 0.5) is 10.7 Å². The maximum Gasteiger partial charge on any atom is 0.324 e. The van der Waals surface area contributed by atoms with Crippen molar-refractivity contribution >= 4 is 28.2 Å². The van der Waals surface area contributed by atoms with Gasteiger partial charge in [-0.1, -0.05) is 11.3 Å². The van der Waals surface area contributed by atoms with Crippen LogP contribution in [-0.2, 0) is 0 Å². The van der Waals surface area contributed by atoms with Gasteiger partial charge in [0.25, 0.3) is 0 Å². The molecule has 0 saturated carbocycles. The van der Waals surface area contributed by atoms with Gasteiger partial charge in [0.15, 0.2) is 0 Å². The summed E-state index contributed by atoms with van der Waals surface area (Å²) < 4.78 is 0. The van der Waals surface area contributed by atoms with Crippen LogP contribution in [0.15, 0.2) is 41.5 Å². The van der Waals surface area contributed by atoms with Gasteiger partial charge in [-0.25, -0.2) is 0 Å². The third-order valence-corrected chi connectivity index (χ3v) is 3.16. The predicted octanol–water partition coefficient (Wildman–Crippen LogP) is 2.97. The summed E-state index contributed by atoms with van der Waals surface area (Å²) in [5.41, 5.74) is 4.09. The van der Waals surface area contributed by atoms with Crippen LogP contribution in [0.1, 0.15) is 10.4 Å². The highest BCUT2D eigenvalue weighted by molar-refractivity contribution is 7.16. The van der Waals surface area contributed by atoms with Crippen LogP contribution < -0.4 is 5.43 Å². The maximum absolute atomic E-state index is 10.5. The van der Waals surface area contributed by atoms with Gasteiger partial charge in [-0.15, -0.1) is 0 Å². The number of hydrogen-bond acceptors (Lipinski definition) is 6. The lowest BCUT2D eigenvalue weighted by Crippen LogP contribution is -1.89. The first-order chi connectivity index (χ1) is 9.19. The van der Waals surface area contributed by atoms with Gasteiger partial charge < -0.3 is 0 Å². The lowest BCUT2D eigenvalue weighted by atomic mass is 10.2. The fraction of sp³-hybridized carbons (Fsp3) is 0. The molecule has 1 aromatic heterocycles. The molecule has 1 N–H and O–H groups in total. The number of nitriles is 1. The number of benzene rings is 1. The van der Waals surface area contributed by atoms with Crippen molar-refractivity contribution < 1.29 is 4.92 Å². The highest BCUT2D eigenvalue weighted by Crippen LogP contribution is 2.22. The summed E-state index contributed by atoms with van der Waals surface area (Å²) in [6.45, 7) is 0. The Balaban J connectivity index is 1.98. The molecule has 0 spiro atoms. The first-order valence-electron chi connectivity index (χ1n) is 5.22. The van der Waals surface area contributed by atoms with Crippen molar-refractivity contribution in [2.75, 3.05) is 5.43 Å². The molecule has 2 rings (SSSR count). The van der Waals surface area contributed by atoms with Crippen molar-refractivity contribution in [3.63, 3.8) is 0 Å². The van der Waals surface area contributed by atoms with Crippen molar-refractivity contribution in [3.8, 4) is 6.07 Å². The average Bonchev–Trinajstić information content (AvgIpc) is 2.89. The molecule has 0 amide bonds. The zero-order valence-electron chi connectivity index (χ0n) is 9.61. The second-order valence-electron chi connectivity index (χ2n) is 3.49. The molecule has 0 unspecified atom stereocenters. The molecule has 6 nitrogen and oxygen atoms in total. The Morgan fingerprint density at radius 1 is 1.32 bits per heavy atom. The molecule has 0 fully saturated rings. The minimum atomic E-state index is -0.434. The van der Waals surface area contributed by atoms with Gasteiger partial charge >= 0.3 is 5.00 Å². The van der Waals surface area contributed by atoms with E-state index >= 15 is 0 Å². The smallest absolute Gasteiger partial charge is 0.278 e. The Morgan fingerprint density at radius 2 is 2.05 bits per heavy atom. The summed E-state index contributed by atoms with van der Waals surface area (Å²) in [4.78, 5) is 10.8. The van der Waals surface area contributed by atoms with E-state index in [1.807, 2.05) is 6.07 Å². The van der Waals surface area contributed by atoms with Gasteiger partial charge in [0.05, 0.1) is 33.3 Å². The zero-order chi connectivity index (χ0) is 13.7. The molecular formula is C12H8N4O2S. The van der Waals surface area contributed by atoms with E-state index in [1.165, 1.54) is 12.3 Å². The predicted molar refractivity (Wildman–Crippen MR) is 73.3 cm³/mol. The first-order valence-corrected chi connectivity index (χ1v) is 6.04. The van der Waals surface area contributed by atoms with E-state index in [-0.39, 0.29) is 5.00 Å². The zero-order valence-corrected chi connectivity index (χ0v) is 10.4. The summed E-state index contributed by atoms with van der Waals surface area (Å²) in [7, 11) is 0. The molecule has 0 saturated heterocycles. The average molecular weight is 272 g/mol. The standard InChI is InChI=1S/C12H8N4O2S/c13-7-9-1-3-10(4-2-9)15-14-8-11-5-6-12(19-11)16(17)18/h1-6,8,15H/b14-8+. The number of nitrogens with one attached hydrogen (secondary N) is 1. The summed E-state index contributed by atoms with van der Waals surface area (Å²) in [5, 5.41) is 23.2. The van der Waals surface area contributed by atoms with Crippen LogP contribution in [0.2, 0.25) is 0 Å². The Bertz CT molecular complexity index is 655. The summed E-state index contributed by atoms with van der Waals surface area (Å²) in [5.74, 6) is 0. The topological polar surface area (TPSA) is 91.3 Å². The lowest BCUT2D eigenvalue weighted by Gasteiger charge is -1.98. The van der Waals surface area contributed by atoms with Crippen LogP contribution in [0.3, 0.4) is 0 Å². The summed E-state index contributed by atoms with van der Waals surface area (Å²) in [6.07, 6.45) is 1.51. The highest BCUT2D eigenvalue weighted by Gasteiger charge is 2.07. The fourth-order valence-corrected chi connectivity index (χ4v) is 1.99. The van der Waals surface area contributed by atoms with E-state index in [9.17, 15) is 10.1 Å². The number of hydrazone groups is 1. The second-order valence-corrected chi connectivity index (χ2v) is 4.59. The molecule has 0 radical (unpaired) electrons. The van der Waals surface area contributed by atoms with Gasteiger partial charge in [-0.3, -0.25) is 15.5 Å². The van der Waals surface area contributed by atoms with E-state index in [1.54, 1.807) is 30.3 Å². The SMILES string of the molecule is N#Cc1ccc(N/N=C/c2ccc([N+](=O)[O-])s2)cc1. The Morgan fingerprint density at radius 3 is 2.63 bits per heavy atom. The van der Waals surface area contributed by atoms with Crippen molar-refractivity contribution in [1.29, 1.82) is 5.26 Å². The molecule has 0 aliphatic heterocycles. The molecule has 1 aromatic carbocycles. The molecule has 2 aromatic rings. The second kappa shape index (κ2) is 5.75. The van der Waals surface area contributed by atoms with E-state index < -0.39 is 4.92 Å². The Hall–Kier alpha value is -2.72. The van der Waals surface area contributed by atoms with E-state index in [2.05, 4.69) is 10.5 Å². The molecule has 94 valence electrons. The lowest BCUT2D eigenvalue weighted by molar-refractivity contribution is -0.380. The Kier molecular flexibility index (Phi) is 3.85. The number of nitrogens with zero attached hydrogens (tertiary/aromatic N) is 3. The first kappa shape index (κ1) is 12.7.